The van der Waals surface area contributed by atoms with Gasteiger partial charge in [0.25, 0.3) is 0 Å². The van der Waals surface area contributed by atoms with E-state index in [4.69, 9.17) is 10.5 Å². The summed E-state index contributed by atoms with van der Waals surface area (Å²) in [6.45, 7) is 4.37. The van der Waals surface area contributed by atoms with Gasteiger partial charge in [-0.25, -0.2) is 9.78 Å². The van der Waals surface area contributed by atoms with Crippen molar-refractivity contribution < 1.29 is 14.3 Å². The van der Waals surface area contributed by atoms with Gasteiger partial charge in [-0.3, -0.25) is 4.79 Å². The van der Waals surface area contributed by atoms with Gasteiger partial charge in [-0.2, -0.15) is 0 Å². The number of aromatic nitrogens is 1. The Bertz CT molecular complexity index is 504. The Morgan fingerprint density at radius 2 is 2.42 bits per heavy atom. The number of esters is 1. The number of nitrogens with zero attached hydrogens (tertiary/aromatic N) is 2. The summed E-state index contributed by atoms with van der Waals surface area (Å²) in [6.07, 6.45) is 0. The highest BCUT2D eigenvalue weighted by atomic mass is 32.1. The molecule has 0 spiro atoms. The van der Waals surface area contributed by atoms with Gasteiger partial charge >= 0.3 is 12.0 Å². The van der Waals surface area contributed by atoms with Crippen LogP contribution in [-0.4, -0.2) is 41.6 Å². The molecule has 2 heterocycles. The minimum atomic E-state index is -0.446. The summed E-state index contributed by atoms with van der Waals surface area (Å²) in [4.78, 5) is 28.8. The van der Waals surface area contributed by atoms with Crippen LogP contribution >= 0.6 is 11.3 Å². The van der Waals surface area contributed by atoms with Crippen molar-refractivity contribution in [3.05, 3.63) is 10.4 Å². The lowest BCUT2D eigenvalue weighted by molar-refractivity contribution is -0.141. The van der Waals surface area contributed by atoms with Crippen LogP contribution in [0.5, 0.6) is 0 Å². The van der Waals surface area contributed by atoms with Crippen LogP contribution in [0.3, 0.4) is 0 Å². The zero-order valence-electron chi connectivity index (χ0n) is 10.8. The summed E-state index contributed by atoms with van der Waals surface area (Å²) in [5.41, 5.74) is 5.16. The van der Waals surface area contributed by atoms with Crippen LogP contribution in [0.15, 0.2) is 5.38 Å². The van der Waals surface area contributed by atoms with Crippen molar-refractivity contribution in [2.45, 2.75) is 19.4 Å². The van der Waals surface area contributed by atoms with E-state index in [0.717, 1.165) is 5.01 Å². The quantitative estimate of drug-likeness (QED) is 0.621. The summed E-state index contributed by atoms with van der Waals surface area (Å²) in [7, 11) is 0. The Balaban J connectivity index is 1.88. The first-order valence-electron chi connectivity index (χ1n) is 5.90. The van der Waals surface area contributed by atoms with Gasteiger partial charge in [-0.05, 0) is 13.8 Å². The fraction of sp³-hybridized carbons (Fsp3) is 0.545. The molecule has 104 valence electrons. The smallest absolute Gasteiger partial charge is 0.325 e. The number of anilines is 1. The van der Waals surface area contributed by atoms with Crippen LogP contribution in [0.2, 0.25) is 0 Å². The summed E-state index contributed by atoms with van der Waals surface area (Å²) < 4.78 is 4.73. The van der Waals surface area contributed by atoms with E-state index in [9.17, 15) is 9.59 Å². The summed E-state index contributed by atoms with van der Waals surface area (Å²) in [6, 6.07) is -0.302. The van der Waals surface area contributed by atoms with E-state index in [1.165, 1.54) is 11.3 Å². The number of amides is 2. The fourth-order valence-corrected chi connectivity index (χ4v) is 2.61. The molecule has 1 aromatic heterocycles. The molecule has 1 aliphatic rings. The van der Waals surface area contributed by atoms with E-state index in [1.807, 2.05) is 6.92 Å². The third kappa shape index (κ3) is 2.78. The van der Waals surface area contributed by atoms with Crippen molar-refractivity contribution in [3.63, 3.8) is 0 Å². The Labute approximate surface area is 114 Å². The average molecular weight is 284 g/mol. The number of urea groups is 1. The highest BCUT2D eigenvalue weighted by Gasteiger charge is 2.54. The molecule has 0 radical (unpaired) electrons. The van der Waals surface area contributed by atoms with Gasteiger partial charge in [0, 0.05) is 5.38 Å². The van der Waals surface area contributed by atoms with E-state index >= 15 is 0 Å². The van der Waals surface area contributed by atoms with E-state index in [0.29, 0.717) is 19.0 Å². The molecule has 1 fully saturated rings. The zero-order chi connectivity index (χ0) is 14.0. The van der Waals surface area contributed by atoms with Crippen molar-refractivity contribution in [1.82, 2.24) is 15.2 Å². The lowest BCUT2D eigenvalue weighted by atomic mass is 10.2. The topological polar surface area (TPSA) is 97.3 Å². The van der Waals surface area contributed by atoms with Crippen LogP contribution in [0, 0.1) is 0 Å². The standard InChI is InChI=1S/C11H16N4O3S/c1-3-18-8(16)4-13-10(17)15-6-11(15,2)9-14-7(12)5-19-9/h5H,3-4,6,12H2,1-2H3,(H,13,17). The minimum Gasteiger partial charge on any atom is -0.465 e. The van der Waals surface area contributed by atoms with Crippen LogP contribution < -0.4 is 11.1 Å². The van der Waals surface area contributed by atoms with Gasteiger partial charge in [0.05, 0.1) is 13.2 Å². The SMILES string of the molecule is CCOC(=O)CNC(=O)N1CC1(C)c1nc(N)cs1. The normalized spacial score (nSPS) is 21.1. The van der Waals surface area contributed by atoms with Gasteiger partial charge in [0.2, 0.25) is 0 Å². The molecule has 0 bridgehead atoms. The Morgan fingerprint density at radius 1 is 1.68 bits per heavy atom. The third-order valence-corrected chi connectivity index (χ3v) is 3.99. The van der Waals surface area contributed by atoms with Gasteiger partial charge in [0.1, 0.15) is 22.9 Å². The number of nitrogens with one attached hydrogen (secondary N) is 1. The minimum absolute atomic E-state index is 0.126. The number of nitrogen functional groups attached to an aromatic ring is 1. The molecular formula is C11H16N4O3S. The molecule has 7 nitrogen and oxygen atoms in total. The van der Waals surface area contributed by atoms with E-state index in [2.05, 4.69) is 10.3 Å². The number of carbonyl (C=O) groups is 2. The molecule has 0 saturated carbocycles. The number of carbonyl (C=O) groups excluding carboxylic acids is 2. The Morgan fingerprint density at radius 3 is 3.00 bits per heavy atom. The van der Waals surface area contributed by atoms with Crippen molar-refractivity contribution in [3.8, 4) is 0 Å². The second kappa shape index (κ2) is 5.04. The molecule has 19 heavy (non-hydrogen) atoms. The first-order valence-corrected chi connectivity index (χ1v) is 6.78. The van der Waals surface area contributed by atoms with Crippen LogP contribution in [-0.2, 0) is 15.1 Å². The van der Waals surface area contributed by atoms with Gasteiger partial charge in [-0.15, -0.1) is 11.3 Å². The molecule has 0 aromatic carbocycles. The van der Waals surface area contributed by atoms with E-state index in [1.54, 1.807) is 17.2 Å². The molecule has 3 N–H and O–H groups in total. The third-order valence-electron chi connectivity index (χ3n) is 2.88. The van der Waals surface area contributed by atoms with Crippen molar-refractivity contribution in [2.24, 2.45) is 0 Å². The second-order valence-electron chi connectivity index (χ2n) is 4.40. The number of thiazole rings is 1. The molecule has 0 aliphatic carbocycles. The molecule has 1 aliphatic heterocycles. The highest BCUT2D eigenvalue weighted by Crippen LogP contribution is 2.43. The maximum Gasteiger partial charge on any atom is 0.325 e. The Kier molecular flexibility index (Phi) is 3.61. The number of rotatable bonds is 4. The largest absolute Gasteiger partial charge is 0.465 e. The monoisotopic (exact) mass is 284 g/mol. The molecule has 2 amide bonds. The summed E-state index contributed by atoms with van der Waals surface area (Å²) in [5.74, 6) is 0.0119. The maximum absolute atomic E-state index is 11.9. The molecule has 1 saturated heterocycles. The van der Waals surface area contributed by atoms with Crippen LogP contribution in [0.25, 0.3) is 0 Å². The zero-order valence-corrected chi connectivity index (χ0v) is 11.6. The van der Waals surface area contributed by atoms with Crippen LogP contribution in [0.1, 0.15) is 18.9 Å². The first-order chi connectivity index (χ1) is 8.97. The van der Waals surface area contributed by atoms with Gasteiger partial charge in [0.15, 0.2) is 0 Å². The van der Waals surface area contributed by atoms with Gasteiger partial charge in [-0.1, -0.05) is 0 Å². The summed E-state index contributed by atoms with van der Waals surface area (Å²) >= 11 is 1.42. The van der Waals surface area contributed by atoms with Crippen molar-refractivity contribution in [2.75, 3.05) is 25.4 Å². The molecular weight excluding hydrogens is 268 g/mol. The van der Waals surface area contributed by atoms with Crippen molar-refractivity contribution in [1.29, 1.82) is 0 Å². The molecule has 2 rings (SSSR count). The van der Waals surface area contributed by atoms with E-state index < -0.39 is 11.5 Å². The number of nitrogens with two attached hydrogens (primary N) is 1. The lowest BCUT2D eigenvalue weighted by Crippen LogP contribution is -2.35. The van der Waals surface area contributed by atoms with E-state index in [-0.39, 0.29) is 12.6 Å². The fourth-order valence-electron chi connectivity index (χ4n) is 1.74. The predicted molar refractivity (Wildman–Crippen MR) is 70.6 cm³/mol. The average Bonchev–Trinajstić information content (AvgIpc) is 2.86. The second-order valence-corrected chi connectivity index (χ2v) is 5.26. The maximum atomic E-state index is 11.9. The molecule has 1 aromatic rings. The molecule has 1 unspecified atom stereocenters. The molecule has 1 atom stereocenters. The lowest BCUT2D eigenvalue weighted by Gasteiger charge is -2.10. The predicted octanol–water partition coefficient (Wildman–Crippen LogP) is 0.529. The highest BCUT2D eigenvalue weighted by molar-refractivity contribution is 7.10. The number of hydrogen-bond acceptors (Lipinski definition) is 6. The number of hydrogen-bond donors (Lipinski definition) is 2. The summed E-state index contributed by atoms with van der Waals surface area (Å²) in [5, 5.41) is 5.06. The molecule has 8 heteroatoms. The van der Waals surface area contributed by atoms with Crippen molar-refractivity contribution >= 4 is 29.2 Å². The Hall–Kier alpha value is -1.83. The van der Waals surface area contributed by atoms with Crippen LogP contribution in [0.4, 0.5) is 10.6 Å². The number of ether oxygens (including phenoxy) is 1. The first kappa shape index (κ1) is 13.6. The van der Waals surface area contributed by atoms with Gasteiger partial charge < -0.3 is 20.7 Å².